The number of hydrogen-bond donors (Lipinski definition) is 1. The van der Waals surface area contributed by atoms with Gasteiger partial charge >= 0.3 is 33.6 Å². The van der Waals surface area contributed by atoms with E-state index in [9.17, 15) is 39.2 Å². The summed E-state index contributed by atoms with van der Waals surface area (Å²) in [6.45, 7) is 0. The third-order valence-corrected chi connectivity index (χ3v) is 1.94. The Morgan fingerprint density at radius 1 is 1.06 bits per heavy atom. The maximum Gasteiger partial charge on any atom is 0.466 e. The smallest absolute Gasteiger partial charge is 0.281 e. The molecule has 0 unspecified atom stereocenters. The van der Waals surface area contributed by atoms with Crippen molar-refractivity contribution in [3.05, 3.63) is 12.1 Å². The van der Waals surface area contributed by atoms with Crippen LogP contribution in [0.15, 0.2) is 12.1 Å². The predicted octanol–water partition coefficient (Wildman–Crippen LogP) is 1.97. The molecule has 6 nitrogen and oxygen atoms in total. The summed E-state index contributed by atoms with van der Waals surface area (Å²) in [5.74, 6) is 0. The van der Waals surface area contributed by atoms with Crippen molar-refractivity contribution in [1.82, 2.24) is 0 Å². The summed E-state index contributed by atoms with van der Waals surface area (Å²) in [5.41, 5.74) is 0. The molecule has 0 amide bonds. The second-order valence-corrected chi connectivity index (χ2v) is 3.74. The van der Waals surface area contributed by atoms with E-state index in [1.165, 1.54) is 0 Å². The molecule has 0 radical (unpaired) electrons. The lowest BCUT2D eigenvalue weighted by molar-refractivity contribution is -0.586. The van der Waals surface area contributed by atoms with Crippen molar-refractivity contribution in [3.8, 4) is 0 Å². The molecule has 0 heterocycles. The first kappa shape index (κ1) is 16.9. The van der Waals surface area contributed by atoms with E-state index in [1.807, 2.05) is 0 Å². The van der Waals surface area contributed by atoms with Crippen LogP contribution in [-0.2, 0) is 24.9 Å². The Hall–Kier alpha value is -1.12. The van der Waals surface area contributed by atoms with Crippen LogP contribution in [0.4, 0.5) is 30.7 Å². The minimum Gasteiger partial charge on any atom is -0.281 e. The van der Waals surface area contributed by atoms with E-state index in [1.54, 1.807) is 0 Å². The van der Waals surface area contributed by atoms with Gasteiger partial charge in [0.25, 0.3) is 0 Å². The maximum absolute atomic E-state index is 12.3. The average Bonchev–Trinajstić information content (AvgIpc) is 2.14. The van der Waals surface area contributed by atoms with Gasteiger partial charge in [-0.15, -0.1) is 4.89 Å². The minimum absolute atomic E-state index is 2.29. The Labute approximate surface area is 93.1 Å². The first-order valence-electron chi connectivity index (χ1n) is 3.28. The lowest BCUT2D eigenvalue weighted by atomic mass is 10.6. The Kier molecular flexibility index (Phi) is 4.92. The molecule has 0 aliphatic rings. The molecule has 0 fully saturated rings. The van der Waals surface area contributed by atoms with Crippen LogP contribution in [0.5, 0.6) is 0 Å². The summed E-state index contributed by atoms with van der Waals surface area (Å²) < 4.78 is 111. The van der Waals surface area contributed by atoms with Crippen LogP contribution in [0.25, 0.3) is 0 Å². The van der Waals surface area contributed by atoms with Crippen LogP contribution in [0, 0.1) is 0 Å². The van der Waals surface area contributed by atoms with Crippen molar-refractivity contribution in [2.45, 2.75) is 11.4 Å². The summed E-state index contributed by atoms with van der Waals surface area (Å²) in [7, 11) is -6.62. The minimum atomic E-state index is -6.62. The molecule has 0 spiro atoms. The maximum atomic E-state index is 12.3. The van der Waals surface area contributed by atoms with Crippen LogP contribution in [0.3, 0.4) is 0 Å². The predicted molar refractivity (Wildman–Crippen MR) is 35.0 cm³/mol. The molecule has 0 rings (SSSR count). The molecule has 1 N–H and O–H groups in total. The second-order valence-electron chi connectivity index (χ2n) is 2.28. The Balaban J connectivity index is 4.75. The molecule has 0 bridgehead atoms. The largest absolute Gasteiger partial charge is 0.466 e. The Bertz CT molecular complexity index is 425. The van der Waals surface area contributed by atoms with Crippen LogP contribution in [0.2, 0.25) is 0 Å². The monoisotopic (exact) mass is 310 g/mol. The van der Waals surface area contributed by atoms with Crippen LogP contribution in [-0.4, -0.2) is 24.3 Å². The average molecular weight is 310 g/mol. The zero-order valence-corrected chi connectivity index (χ0v) is 8.36. The van der Waals surface area contributed by atoms with E-state index in [2.05, 4.69) is 14.8 Å². The zero-order chi connectivity index (χ0) is 14.8. The molecule has 0 atom stereocenters. The molecule has 108 valence electrons. The Morgan fingerprint density at radius 2 is 1.50 bits per heavy atom. The molecular weight excluding hydrogens is 309 g/mol. The van der Waals surface area contributed by atoms with Gasteiger partial charge in [0.15, 0.2) is 0 Å². The normalized spacial score (nSPS) is 13.3. The van der Waals surface area contributed by atoms with Gasteiger partial charge < -0.3 is 0 Å². The quantitative estimate of drug-likeness (QED) is 0.265. The summed E-state index contributed by atoms with van der Waals surface area (Å²) in [5, 5.41) is -3.71. The molecule has 18 heavy (non-hydrogen) atoms. The van der Waals surface area contributed by atoms with Gasteiger partial charge in [-0.05, 0) is 5.04 Å². The first-order chi connectivity index (χ1) is 7.83. The van der Waals surface area contributed by atoms with Crippen LogP contribution in [0.1, 0.15) is 0 Å². The van der Waals surface area contributed by atoms with Gasteiger partial charge in [-0.1, -0.05) is 0 Å². The molecule has 0 saturated carbocycles. The highest BCUT2D eigenvalue weighted by molar-refractivity contribution is 7.86. The fraction of sp³-hybridized carbons (Fsp3) is 0.500. The fourth-order valence-electron chi connectivity index (χ4n) is 0.320. The van der Waals surface area contributed by atoms with E-state index in [-0.39, 0.29) is 0 Å². The molecule has 14 heteroatoms. The van der Waals surface area contributed by atoms with Crippen molar-refractivity contribution in [2.75, 3.05) is 0 Å². The van der Waals surface area contributed by atoms with Crippen molar-refractivity contribution in [2.24, 2.45) is 0 Å². The molecule has 0 aromatic rings. The lowest BCUT2D eigenvalue weighted by Gasteiger charge is -2.20. The summed E-state index contributed by atoms with van der Waals surface area (Å²) >= 11 is 0. The molecule has 0 saturated heterocycles. The van der Waals surface area contributed by atoms with Gasteiger partial charge in [-0.2, -0.15) is 39.2 Å². The van der Waals surface area contributed by atoms with E-state index < -0.39 is 33.6 Å². The number of halogens is 7. The molecular formula is C4HF7O6S. The lowest BCUT2D eigenvalue weighted by Crippen LogP contribution is -2.48. The topological polar surface area (TPSA) is 82.1 Å². The molecule has 0 aliphatic heterocycles. The summed E-state index contributed by atoms with van der Waals surface area (Å²) in [4.78, 5) is 4.89. The fourth-order valence-corrected chi connectivity index (χ4v) is 0.654. The third kappa shape index (κ3) is 3.69. The van der Waals surface area contributed by atoms with E-state index in [0.29, 0.717) is 0 Å². The van der Waals surface area contributed by atoms with Crippen LogP contribution < -0.4 is 0 Å². The van der Waals surface area contributed by atoms with E-state index in [4.69, 9.17) is 4.55 Å². The highest BCUT2D eigenvalue weighted by atomic mass is 32.2. The molecule has 0 aliphatic carbocycles. The van der Waals surface area contributed by atoms with Crippen molar-refractivity contribution in [3.63, 3.8) is 0 Å². The number of alkyl halides is 4. The highest BCUT2D eigenvalue weighted by Crippen LogP contribution is 2.39. The van der Waals surface area contributed by atoms with Gasteiger partial charge in [0, 0.05) is 0 Å². The Morgan fingerprint density at radius 3 is 1.83 bits per heavy atom. The van der Waals surface area contributed by atoms with E-state index >= 15 is 0 Å². The van der Waals surface area contributed by atoms with Crippen molar-refractivity contribution in [1.29, 1.82) is 0 Å². The van der Waals surface area contributed by atoms with Gasteiger partial charge in [-0.25, -0.2) is 0 Å². The van der Waals surface area contributed by atoms with Crippen molar-refractivity contribution >= 4 is 10.1 Å². The van der Waals surface area contributed by atoms with Gasteiger partial charge in [0.2, 0.25) is 0 Å². The SMILES string of the molecule is O=S(=O)(O)C(F)(F)C(F)(F)OOOC(F)=C(F)F. The zero-order valence-electron chi connectivity index (χ0n) is 7.54. The molecule has 0 aromatic carbocycles. The number of rotatable bonds is 6. The standard InChI is InChI=1S/C4HF7O6S/c5-1(6)2(7)15-17-16-3(8,9)4(10,11)18(12,13)14/h(H,12,13,14). The van der Waals surface area contributed by atoms with Gasteiger partial charge in [0.1, 0.15) is 0 Å². The highest BCUT2D eigenvalue weighted by Gasteiger charge is 2.69. The number of hydrogen-bond acceptors (Lipinski definition) is 5. The van der Waals surface area contributed by atoms with Gasteiger partial charge in [0.05, 0.1) is 0 Å². The second kappa shape index (κ2) is 5.25. The third-order valence-electron chi connectivity index (χ3n) is 1.06. The summed E-state index contributed by atoms with van der Waals surface area (Å²) in [6.07, 6.45) is -9.25. The first-order valence-corrected chi connectivity index (χ1v) is 4.72. The van der Waals surface area contributed by atoms with Crippen molar-refractivity contribution < 1.29 is 58.5 Å². The van der Waals surface area contributed by atoms with Crippen LogP contribution >= 0.6 is 0 Å². The molecule has 0 aromatic heterocycles. The van der Waals surface area contributed by atoms with E-state index in [0.717, 1.165) is 0 Å². The summed E-state index contributed by atoms with van der Waals surface area (Å²) in [6, 6.07) is -2.90. The van der Waals surface area contributed by atoms with Gasteiger partial charge in [-0.3, -0.25) is 9.44 Å².